The molecular formula is C15H16ClNO2S. The van der Waals surface area contributed by atoms with Crippen LogP contribution in [0.25, 0.3) is 0 Å². The van der Waals surface area contributed by atoms with Crippen LogP contribution >= 0.6 is 22.9 Å². The van der Waals surface area contributed by atoms with Crippen molar-refractivity contribution in [1.29, 1.82) is 0 Å². The molecule has 0 saturated carbocycles. The fraction of sp³-hybridized carbons (Fsp3) is 0.267. The standard InChI is InChI=1S/C15H16ClNO2S/c1-17(10-12-7-8-14(16)20-12)13(9-15(18)19)11-5-3-2-4-6-11/h2-8,13H,9-10H2,1H3,(H,18,19). The van der Waals surface area contributed by atoms with E-state index in [0.29, 0.717) is 6.54 Å². The Morgan fingerprint density at radius 3 is 2.55 bits per heavy atom. The van der Waals surface area contributed by atoms with E-state index in [9.17, 15) is 4.79 Å². The molecule has 0 spiro atoms. The normalized spacial score (nSPS) is 12.6. The highest BCUT2D eigenvalue weighted by molar-refractivity contribution is 7.16. The van der Waals surface area contributed by atoms with Gasteiger partial charge in [-0.1, -0.05) is 41.9 Å². The Morgan fingerprint density at radius 1 is 1.30 bits per heavy atom. The molecule has 0 amide bonds. The van der Waals surface area contributed by atoms with Crippen LogP contribution in [-0.4, -0.2) is 23.0 Å². The van der Waals surface area contributed by atoms with Crippen LogP contribution in [0.2, 0.25) is 4.34 Å². The van der Waals surface area contributed by atoms with E-state index < -0.39 is 5.97 Å². The molecule has 20 heavy (non-hydrogen) atoms. The van der Waals surface area contributed by atoms with Crippen molar-refractivity contribution in [3.8, 4) is 0 Å². The number of carboxylic acid groups (broad SMARTS) is 1. The second-order valence-corrected chi connectivity index (χ2v) is 6.44. The maximum atomic E-state index is 11.1. The second-order valence-electron chi connectivity index (χ2n) is 4.65. The van der Waals surface area contributed by atoms with Crippen molar-refractivity contribution in [1.82, 2.24) is 4.90 Å². The molecule has 1 aromatic carbocycles. The molecule has 1 unspecified atom stereocenters. The molecule has 0 aliphatic carbocycles. The van der Waals surface area contributed by atoms with Gasteiger partial charge >= 0.3 is 5.97 Å². The first-order chi connectivity index (χ1) is 9.56. The summed E-state index contributed by atoms with van der Waals surface area (Å²) in [6.07, 6.45) is 0.0830. The van der Waals surface area contributed by atoms with E-state index in [1.54, 1.807) is 0 Å². The maximum Gasteiger partial charge on any atom is 0.305 e. The van der Waals surface area contributed by atoms with Crippen LogP contribution in [0.15, 0.2) is 42.5 Å². The Morgan fingerprint density at radius 2 is 2.00 bits per heavy atom. The van der Waals surface area contributed by atoms with E-state index >= 15 is 0 Å². The average molecular weight is 310 g/mol. The minimum absolute atomic E-state index is 0.0830. The highest BCUT2D eigenvalue weighted by Gasteiger charge is 2.20. The molecule has 1 N–H and O–H groups in total. The van der Waals surface area contributed by atoms with E-state index in [4.69, 9.17) is 16.7 Å². The van der Waals surface area contributed by atoms with Crippen molar-refractivity contribution in [2.75, 3.05) is 7.05 Å². The van der Waals surface area contributed by atoms with Crippen LogP contribution < -0.4 is 0 Å². The van der Waals surface area contributed by atoms with Gasteiger partial charge in [0.25, 0.3) is 0 Å². The Kier molecular flexibility index (Phi) is 5.17. The maximum absolute atomic E-state index is 11.1. The van der Waals surface area contributed by atoms with E-state index in [1.807, 2.05) is 54.4 Å². The summed E-state index contributed by atoms with van der Waals surface area (Å²) in [5.41, 5.74) is 1.01. The summed E-state index contributed by atoms with van der Waals surface area (Å²) in [4.78, 5) is 14.3. The Labute approximate surface area is 127 Å². The van der Waals surface area contributed by atoms with Crippen LogP contribution in [0, 0.1) is 0 Å². The first-order valence-electron chi connectivity index (χ1n) is 6.27. The van der Waals surface area contributed by atoms with Gasteiger partial charge < -0.3 is 5.11 Å². The zero-order valence-corrected chi connectivity index (χ0v) is 12.7. The van der Waals surface area contributed by atoms with Crippen LogP contribution in [0.4, 0.5) is 0 Å². The summed E-state index contributed by atoms with van der Waals surface area (Å²) in [6, 6.07) is 13.4. The number of carbonyl (C=O) groups is 1. The molecule has 0 aliphatic heterocycles. The third kappa shape index (κ3) is 4.07. The van der Waals surface area contributed by atoms with Gasteiger partial charge in [-0.2, -0.15) is 0 Å². The second kappa shape index (κ2) is 6.88. The molecule has 0 fully saturated rings. The van der Waals surface area contributed by atoms with Gasteiger partial charge in [-0.05, 0) is 24.7 Å². The van der Waals surface area contributed by atoms with E-state index in [2.05, 4.69) is 0 Å². The summed E-state index contributed by atoms with van der Waals surface area (Å²) < 4.78 is 0.753. The molecular weight excluding hydrogens is 294 g/mol. The first kappa shape index (κ1) is 15.0. The molecule has 106 valence electrons. The van der Waals surface area contributed by atoms with Crippen LogP contribution in [0.3, 0.4) is 0 Å². The number of hydrogen-bond donors (Lipinski definition) is 1. The molecule has 1 atom stereocenters. The van der Waals surface area contributed by atoms with Gasteiger partial charge in [0.15, 0.2) is 0 Å². The summed E-state index contributed by atoms with van der Waals surface area (Å²) in [5, 5.41) is 9.12. The van der Waals surface area contributed by atoms with Gasteiger partial charge in [0.05, 0.1) is 10.8 Å². The molecule has 0 radical (unpaired) electrons. The number of benzene rings is 1. The first-order valence-corrected chi connectivity index (χ1v) is 7.47. The van der Waals surface area contributed by atoms with Gasteiger partial charge in [0.1, 0.15) is 0 Å². The number of halogens is 1. The number of aliphatic carboxylic acids is 1. The summed E-state index contributed by atoms with van der Waals surface area (Å²) in [6.45, 7) is 0.685. The molecule has 3 nitrogen and oxygen atoms in total. The lowest BCUT2D eigenvalue weighted by molar-refractivity contribution is -0.138. The lowest BCUT2D eigenvalue weighted by Crippen LogP contribution is -2.26. The largest absolute Gasteiger partial charge is 0.481 e. The molecule has 2 aromatic rings. The van der Waals surface area contributed by atoms with Crippen LogP contribution in [-0.2, 0) is 11.3 Å². The van der Waals surface area contributed by atoms with Gasteiger partial charge in [-0.3, -0.25) is 9.69 Å². The lowest BCUT2D eigenvalue weighted by atomic mass is 10.0. The highest BCUT2D eigenvalue weighted by atomic mass is 35.5. The van der Waals surface area contributed by atoms with Crippen molar-refractivity contribution in [3.05, 3.63) is 57.2 Å². The average Bonchev–Trinajstić information content (AvgIpc) is 2.82. The topological polar surface area (TPSA) is 40.5 Å². The van der Waals surface area contributed by atoms with E-state index in [0.717, 1.165) is 14.8 Å². The molecule has 5 heteroatoms. The summed E-state index contributed by atoms with van der Waals surface area (Å²) in [5.74, 6) is -0.796. The minimum Gasteiger partial charge on any atom is -0.481 e. The quantitative estimate of drug-likeness (QED) is 0.875. The molecule has 1 heterocycles. The van der Waals surface area contributed by atoms with Crippen molar-refractivity contribution < 1.29 is 9.90 Å². The third-order valence-corrected chi connectivity index (χ3v) is 4.33. The van der Waals surface area contributed by atoms with Gasteiger partial charge in [0.2, 0.25) is 0 Å². The summed E-state index contributed by atoms with van der Waals surface area (Å²) >= 11 is 7.45. The molecule has 1 aromatic heterocycles. The van der Waals surface area contributed by atoms with Crippen molar-refractivity contribution in [2.24, 2.45) is 0 Å². The number of nitrogens with zero attached hydrogens (tertiary/aromatic N) is 1. The SMILES string of the molecule is CN(Cc1ccc(Cl)s1)C(CC(=O)O)c1ccccc1. The molecule has 0 saturated heterocycles. The van der Waals surface area contributed by atoms with Crippen LogP contribution in [0.5, 0.6) is 0 Å². The summed E-state index contributed by atoms with van der Waals surface area (Å²) in [7, 11) is 1.94. The van der Waals surface area contributed by atoms with Gasteiger partial charge in [-0.25, -0.2) is 0 Å². The molecule has 2 rings (SSSR count). The van der Waals surface area contributed by atoms with Crippen molar-refractivity contribution in [2.45, 2.75) is 19.0 Å². The number of hydrogen-bond acceptors (Lipinski definition) is 3. The number of thiophene rings is 1. The van der Waals surface area contributed by atoms with E-state index in [1.165, 1.54) is 11.3 Å². The van der Waals surface area contributed by atoms with E-state index in [-0.39, 0.29) is 12.5 Å². The highest BCUT2D eigenvalue weighted by Crippen LogP contribution is 2.28. The fourth-order valence-corrected chi connectivity index (χ4v) is 3.31. The van der Waals surface area contributed by atoms with Crippen molar-refractivity contribution >= 4 is 28.9 Å². The molecule has 0 aliphatic rings. The fourth-order valence-electron chi connectivity index (χ4n) is 2.16. The Balaban J connectivity index is 2.15. The van der Waals surface area contributed by atoms with Crippen molar-refractivity contribution in [3.63, 3.8) is 0 Å². The number of rotatable bonds is 6. The predicted molar refractivity (Wildman–Crippen MR) is 82.2 cm³/mol. The molecule has 0 bridgehead atoms. The predicted octanol–water partition coefficient (Wildman–Crippen LogP) is 4.05. The minimum atomic E-state index is -0.796. The Bertz CT molecular complexity index is 570. The smallest absolute Gasteiger partial charge is 0.305 e. The van der Waals surface area contributed by atoms with Gasteiger partial charge in [0, 0.05) is 17.5 Å². The zero-order chi connectivity index (χ0) is 14.5. The van der Waals surface area contributed by atoms with Crippen LogP contribution in [0.1, 0.15) is 22.9 Å². The number of carboxylic acids is 1. The zero-order valence-electron chi connectivity index (χ0n) is 11.1. The third-order valence-electron chi connectivity index (χ3n) is 3.12. The Hall–Kier alpha value is -1.36. The lowest BCUT2D eigenvalue weighted by Gasteiger charge is -2.26. The monoisotopic (exact) mass is 309 g/mol. The van der Waals surface area contributed by atoms with Gasteiger partial charge in [-0.15, -0.1) is 11.3 Å².